The van der Waals surface area contributed by atoms with Crippen LogP contribution in [0.5, 0.6) is 0 Å². The molecule has 1 aliphatic heterocycles. The molecule has 1 fully saturated rings. The maximum absolute atomic E-state index is 13.8. The number of likely N-dealkylation sites (tertiary alicyclic amines) is 1. The molecule has 1 saturated heterocycles. The molecule has 34 heavy (non-hydrogen) atoms. The molecule has 1 amide bonds. The molecule has 174 valence electrons. The van der Waals surface area contributed by atoms with Gasteiger partial charge in [-0.25, -0.2) is 19.3 Å². The molecule has 1 aliphatic rings. The van der Waals surface area contributed by atoms with Crippen LogP contribution in [0.4, 0.5) is 4.39 Å². The number of hydrogen-bond acceptors (Lipinski definition) is 4. The van der Waals surface area contributed by atoms with Crippen molar-refractivity contribution in [1.82, 2.24) is 24.3 Å². The highest BCUT2D eigenvalue weighted by Crippen LogP contribution is 2.25. The predicted octanol–water partition coefficient (Wildman–Crippen LogP) is 4.91. The molecule has 0 saturated carbocycles. The van der Waals surface area contributed by atoms with E-state index in [1.807, 2.05) is 29.2 Å². The second-order valence-electron chi connectivity index (χ2n) is 9.16. The molecule has 0 aliphatic carbocycles. The van der Waals surface area contributed by atoms with Crippen molar-refractivity contribution in [3.05, 3.63) is 84.2 Å². The highest BCUT2D eigenvalue weighted by molar-refractivity contribution is 5.77. The maximum atomic E-state index is 13.8. The van der Waals surface area contributed by atoms with Crippen LogP contribution < -0.4 is 0 Å². The summed E-state index contributed by atoms with van der Waals surface area (Å²) < 4.78 is 15.4. The molecule has 0 spiro atoms. The van der Waals surface area contributed by atoms with E-state index < -0.39 is 0 Å². The van der Waals surface area contributed by atoms with Crippen molar-refractivity contribution >= 4 is 11.6 Å². The van der Waals surface area contributed by atoms with E-state index in [4.69, 9.17) is 4.98 Å². The van der Waals surface area contributed by atoms with E-state index in [2.05, 4.69) is 29.0 Å². The Balaban J connectivity index is 1.26. The topological polar surface area (TPSA) is 63.4 Å². The van der Waals surface area contributed by atoms with Gasteiger partial charge in [0.15, 0.2) is 5.82 Å². The summed E-state index contributed by atoms with van der Waals surface area (Å²) in [7, 11) is 0. The van der Waals surface area contributed by atoms with Gasteiger partial charge in [0, 0.05) is 37.6 Å². The minimum atomic E-state index is -0.337. The lowest BCUT2D eigenvalue weighted by atomic mass is 9.92. The van der Waals surface area contributed by atoms with E-state index >= 15 is 0 Å². The highest BCUT2D eigenvalue weighted by Gasteiger charge is 2.25. The summed E-state index contributed by atoms with van der Waals surface area (Å²) in [6, 6.07) is 15.2. The number of imidazole rings is 1. The van der Waals surface area contributed by atoms with Crippen LogP contribution in [0.15, 0.2) is 67.1 Å². The van der Waals surface area contributed by atoms with Crippen molar-refractivity contribution in [2.24, 2.45) is 5.92 Å². The number of fused-ring (bicyclic) bond motifs is 1. The summed E-state index contributed by atoms with van der Waals surface area (Å²) in [5.41, 5.74) is 3.43. The molecule has 0 bridgehead atoms. The minimum absolute atomic E-state index is 0.203. The fourth-order valence-corrected chi connectivity index (χ4v) is 4.80. The van der Waals surface area contributed by atoms with Gasteiger partial charge in [-0.1, -0.05) is 37.3 Å². The van der Waals surface area contributed by atoms with E-state index in [0.29, 0.717) is 29.5 Å². The number of benzene rings is 1. The number of carbonyl (C=O) groups is 1. The van der Waals surface area contributed by atoms with Gasteiger partial charge in [-0.15, -0.1) is 0 Å². The standard InChI is InChI=1S/C27H28FN5O/c1-19(21-7-3-2-4-8-21)14-26(34)32-13-5-6-20(17-32)15-23-11-12-29-27(31-23)24-16-30-25-10-9-22(28)18-33(24)25/h2-4,7-12,16,18-20H,5-6,13-15,17H2,1H3/t19-,20+/m1/s1. The predicted molar refractivity (Wildman–Crippen MR) is 129 cm³/mol. The Morgan fingerprint density at radius 1 is 1.15 bits per heavy atom. The largest absolute Gasteiger partial charge is 0.342 e. The molecule has 1 aromatic carbocycles. The zero-order valence-electron chi connectivity index (χ0n) is 19.3. The summed E-state index contributed by atoms with van der Waals surface area (Å²) in [4.78, 5) is 28.5. The smallest absolute Gasteiger partial charge is 0.223 e. The van der Waals surface area contributed by atoms with E-state index in [0.717, 1.165) is 38.0 Å². The van der Waals surface area contributed by atoms with Crippen molar-refractivity contribution in [3.63, 3.8) is 0 Å². The summed E-state index contributed by atoms with van der Waals surface area (Å²) in [6.45, 7) is 3.68. The second kappa shape index (κ2) is 9.71. The van der Waals surface area contributed by atoms with E-state index in [-0.39, 0.29) is 17.6 Å². The fraction of sp³-hybridized carbons (Fsp3) is 0.333. The Morgan fingerprint density at radius 3 is 2.85 bits per heavy atom. The molecule has 0 unspecified atom stereocenters. The van der Waals surface area contributed by atoms with E-state index in [9.17, 15) is 9.18 Å². The maximum Gasteiger partial charge on any atom is 0.223 e. The Kier molecular flexibility index (Phi) is 6.34. The first-order chi connectivity index (χ1) is 16.6. The minimum Gasteiger partial charge on any atom is -0.342 e. The van der Waals surface area contributed by atoms with Gasteiger partial charge in [0.25, 0.3) is 0 Å². The van der Waals surface area contributed by atoms with Crippen molar-refractivity contribution in [3.8, 4) is 11.5 Å². The molecule has 6 nitrogen and oxygen atoms in total. The molecule has 0 N–H and O–H groups in total. The van der Waals surface area contributed by atoms with Gasteiger partial charge in [0.05, 0.1) is 6.20 Å². The van der Waals surface area contributed by atoms with Crippen LogP contribution in [-0.4, -0.2) is 43.2 Å². The zero-order valence-corrected chi connectivity index (χ0v) is 19.3. The lowest BCUT2D eigenvalue weighted by molar-refractivity contribution is -0.133. The molecule has 4 aromatic rings. The molecule has 7 heteroatoms. The normalized spacial score (nSPS) is 17.1. The number of halogens is 1. The molecule has 4 heterocycles. The van der Waals surface area contributed by atoms with Crippen molar-refractivity contribution in [2.45, 2.75) is 38.5 Å². The van der Waals surface area contributed by atoms with E-state index in [1.165, 1.54) is 17.8 Å². The fourth-order valence-electron chi connectivity index (χ4n) is 4.80. The molecule has 5 rings (SSSR count). The number of pyridine rings is 1. The number of aromatic nitrogens is 4. The summed E-state index contributed by atoms with van der Waals surface area (Å²) >= 11 is 0. The molecular weight excluding hydrogens is 429 g/mol. The third kappa shape index (κ3) is 4.83. The number of nitrogens with zero attached hydrogens (tertiary/aromatic N) is 5. The monoisotopic (exact) mass is 457 g/mol. The second-order valence-corrected chi connectivity index (χ2v) is 9.16. The quantitative estimate of drug-likeness (QED) is 0.413. The number of piperidine rings is 1. The van der Waals surface area contributed by atoms with Crippen LogP contribution in [0.1, 0.15) is 43.4 Å². The third-order valence-electron chi connectivity index (χ3n) is 6.63. The summed E-state index contributed by atoms with van der Waals surface area (Å²) in [5, 5.41) is 0. The molecular formula is C27H28FN5O. The van der Waals surface area contributed by atoms with Gasteiger partial charge >= 0.3 is 0 Å². The summed E-state index contributed by atoms with van der Waals surface area (Å²) in [6.07, 6.45) is 8.18. The van der Waals surface area contributed by atoms with Gasteiger partial charge in [0.2, 0.25) is 5.91 Å². The number of amides is 1. The Bertz CT molecular complexity index is 1290. The Hall–Kier alpha value is -3.61. The first-order valence-corrected chi connectivity index (χ1v) is 11.8. The van der Waals surface area contributed by atoms with Gasteiger partial charge in [-0.3, -0.25) is 9.20 Å². The van der Waals surface area contributed by atoms with Gasteiger partial charge in [-0.2, -0.15) is 0 Å². The van der Waals surface area contributed by atoms with Crippen molar-refractivity contribution in [1.29, 1.82) is 0 Å². The van der Waals surface area contributed by atoms with Crippen molar-refractivity contribution < 1.29 is 9.18 Å². The highest BCUT2D eigenvalue weighted by atomic mass is 19.1. The molecule has 2 atom stereocenters. The van der Waals surface area contributed by atoms with Gasteiger partial charge < -0.3 is 4.90 Å². The first-order valence-electron chi connectivity index (χ1n) is 11.8. The van der Waals surface area contributed by atoms with Crippen LogP contribution in [-0.2, 0) is 11.2 Å². The lowest BCUT2D eigenvalue weighted by Crippen LogP contribution is -2.41. The van der Waals surface area contributed by atoms with Crippen LogP contribution in [0, 0.1) is 11.7 Å². The number of carbonyl (C=O) groups excluding carboxylic acids is 1. The van der Waals surface area contributed by atoms with E-state index in [1.54, 1.807) is 22.9 Å². The van der Waals surface area contributed by atoms with Gasteiger partial charge in [0.1, 0.15) is 17.2 Å². The Morgan fingerprint density at radius 2 is 2.00 bits per heavy atom. The van der Waals surface area contributed by atoms with Gasteiger partial charge in [-0.05, 0) is 54.9 Å². The summed E-state index contributed by atoms with van der Waals surface area (Å²) in [5.74, 6) is 0.964. The molecule has 0 radical (unpaired) electrons. The van der Waals surface area contributed by atoms with Crippen LogP contribution in [0.2, 0.25) is 0 Å². The first kappa shape index (κ1) is 22.2. The Labute approximate surface area is 198 Å². The SMILES string of the molecule is C[C@H](CC(=O)N1CCC[C@@H](Cc2ccnc(-c3cnc4ccc(F)cn34)n2)C1)c1ccccc1. The van der Waals surface area contributed by atoms with Crippen LogP contribution in [0.25, 0.3) is 17.2 Å². The third-order valence-corrected chi connectivity index (χ3v) is 6.63. The number of hydrogen-bond donors (Lipinski definition) is 0. The van der Waals surface area contributed by atoms with Crippen molar-refractivity contribution in [2.75, 3.05) is 13.1 Å². The van der Waals surface area contributed by atoms with Crippen LogP contribution >= 0.6 is 0 Å². The zero-order chi connectivity index (χ0) is 23.5. The number of rotatable bonds is 6. The average Bonchev–Trinajstić information content (AvgIpc) is 3.28. The molecule has 3 aromatic heterocycles. The van der Waals surface area contributed by atoms with Crippen LogP contribution in [0.3, 0.4) is 0 Å². The lowest BCUT2D eigenvalue weighted by Gasteiger charge is -2.33. The average molecular weight is 458 g/mol.